The number of hydrogen-bond donors (Lipinski definition) is 0. The van der Waals surface area contributed by atoms with Gasteiger partial charge in [0, 0.05) is 19.5 Å². The predicted molar refractivity (Wildman–Crippen MR) is 103 cm³/mol. The summed E-state index contributed by atoms with van der Waals surface area (Å²) in [6, 6.07) is 13.8. The van der Waals surface area contributed by atoms with E-state index < -0.39 is 0 Å². The van der Waals surface area contributed by atoms with E-state index in [0.29, 0.717) is 24.8 Å². The minimum Gasteiger partial charge on any atom is -0.467 e. The molecule has 2 heterocycles. The second kappa shape index (κ2) is 8.00. The van der Waals surface area contributed by atoms with Gasteiger partial charge in [0.25, 0.3) is 0 Å². The van der Waals surface area contributed by atoms with Gasteiger partial charge in [0.1, 0.15) is 11.6 Å². The zero-order chi connectivity index (χ0) is 18.6. The molecule has 1 aromatic carbocycles. The number of nitrogens with zero attached hydrogens (tertiary/aromatic N) is 4. The van der Waals surface area contributed by atoms with Crippen molar-refractivity contribution in [3.8, 4) is 0 Å². The van der Waals surface area contributed by atoms with E-state index >= 15 is 0 Å². The van der Waals surface area contributed by atoms with E-state index in [1.165, 1.54) is 11.8 Å². The monoisotopic (exact) mass is 382 g/mol. The SMILES string of the molecule is CN(Cc1ccccc1)C(=O)CSc1nnc(C2CC2)n1Cc1ccco1. The number of amides is 1. The molecule has 0 unspecified atom stereocenters. The van der Waals surface area contributed by atoms with Gasteiger partial charge in [-0.3, -0.25) is 9.36 Å². The molecular weight excluding hydrogens is 360 g/mol. The molecule has 27 heavy (non-hydrogen) atoms. The van der Waals surface area contributed by atoms with Crippen LogP contribution in [-0.2, 0) is 17.9 Å². The number of aromatic nitrogens is 3. The average molecular weight is 382 g/mol. The first kappa shape index (κ1) is 17.9. The normalized spacial score (nSPS) is 13.7. The number of carbonyl (C=O) groups is 1. The Morgan fingerprint density at radius 2 is 2.04 bits per heavy atom. The molecule has 0 spiro atoms. The van der Waals surface area contributed by atoms with E-state index in [-0.39, 0.29) is 5.91 Å². The minimum atomic E-state index is 0.0735. The summed E-state index contributed by atoms with van der Waals surface area (Å²) in [4.78, 5) is 14.3. The first-order valence-electron chi connectivity index (χ1n) is 9.07. The van der Waals surface area contributed by atoms with Gasteiger partial charge in [-0.25, -0.2) is 0 Å². The lowest BCUT2D eigenvalue weighted by atomic mass is 10.2. The third-order valence-corrected chi connectivity index (χ3v) is 5.55. The van der Waals surface area contributed by atoms with Crippen LogP contribution < -0.4 is 0 Å². The molecular formula is C20H22N4O2S. The van der Waals surface area contributed by atoms with Gasteiger partial charge < -0.3 is 9.32 Å². The van der Waals surface area contributed by atoms with E-state index in [2.05, 4.69) is 14.8 Å². The van der Waals surface area contributed by atoms with E-state index in [9.17, 15) is 4.79 Å². The molecule has 0 radical (unpaired) electrons. The van der Waals surface area contributed by atoms with E-state index in [1.807, 2.05) is 49.5 Å². The quantitative estimate of drug-likeness (QED) is 0.558. The molecule has 1 amide bonds. The molecule has 140 valence electrons. The van der Waals surface area contributed by atoms with Gasteiger partial charge in [0.2, 0.25) is 5.91 Å². The lowest BCUT2D eigenvalue weighted by Gasteiger charge is -2.17. The molecule has 1 saturated carbocycles. The van der Waals surface area contributed by atoms with Crippen LogP contribution in [-0.4, -0.2) is 38.4 Å². The van der Waals surface area contributed by atoms with Gasteiger partial charge >= 0.3 is 0 Å². The molecule has 7 heteroatoms. The van der Waals surface area contributed by atoms with Crippen LogP contribution in [0.2, 0.25) is 0 Å². The summed E-state index contributed by atoms with van der Waals surface area (Å²) in [5.74, 6) is 2.76. The molecule has 6 nitrogen and oxygen atoms in total. The van der Waals surface area contributed by atoms with Crippen molar-refractivity contribution in [3.05, 3.63) is 65.9 Å². The maximum absolute atomic E-state index is 12.5. The van der Waals surface area contributed by atoms with Crippen LogP contribution in [0.1, 0.15) is 35.9 Å². The summed E-state index contributed by atoms with van der Waals surface area (Å²) in [5.41, 5.74) is 1.12. The minimum absolute atomic E-state index is 0.0735. The lowest BCUT2D eigenvalue weighted by Crippen LogP contribution is -2.27. The summed E-state index contributed by atoms with van der Waals surface area (Å²) in [5, 5.41) is 9.48. The standard InChI is InChI=1S/C20H22N4O2S/c1-23(12-15-6-3-2-4-7-15)18(25)14-27-20-22-21-19(16-9-10-16)24(20)13-17-8-5-11-26-17/h2-8,11,16H,9-10,12-14H2,1H3. The lowest BCUT2D eigenvalue weighted by molar-refractivity contribution is -0.127. The van der Waals surface area contributed by atoms with Crippen LogP contribution >= 0.6 is 11.8 Å². The Morgan fingerprint density at radius 3 is 2.74 bits per heavy atom. The van der Waals surface area contributed by atoms with Gasteiger partial charge in [0.15, 0.2) is 5.16 Å². The second-order valence-corrected chi connectivity index (χ2v) is 7.75. The third-order valence-electron chi connectivity index (χ3n) is 4.60. The first-order valence-corrected chi connectivity index (χ1v) is 10.1. The summed E-state index contributed by atoms with van der Waals surface area (Å²) < 4.78 is 7.58. The number of furan rings is 1. The molecule has 0 bridgehead atoms. The Balaban J connectivity index is 1.41. The molecule has 3 aromatic rings. The molecule has 1 aliphatic rings. The summed E-state index contributed by atoms with van der Waals surface area (Å²) in [6.45, 7) is 1.20. The molecule has 0 atom stereocenters. The fourth-order valence-electron chi connectivity index (χ4n) is 2.94. The zero-order valence-corrected chi connectivity index (χ0v) is 16.1. The van der Waals surface area contributed by atoms with Crippen molar-refractivity contribution in [1.82, 2.24) is 19.7 Å². The van der Waals surface area contributed by atoms with Crippen LogP contribution in [0.5, 0.6) is 0 Å². The average Bonchev–Trinajstić information content (AvgIpc) is 3.25. The Labute approximate surface area is 162 Å². The summed E-state index contributed by atoms with van der Waals surface area (Å²) in [6.07, 6.45) is 3.98. The Morgan fingerprint density at radius 1 is 1.22 bits per heavy atom. The maximum atomic E-state index is 12.5. The molecule has 2 aromatic heterocycles. The Bertz CT molecular complexity index is 888. The molecule has 4 rings (SSSR count). The van der Waals surface area contributed by atoms with Crippen molar-refractivity contribution in [2.45, 2.75) is 37.0 Å². The van der Waals surface area contributed by atoms with Crippen molar-refractivity contribution in [2.24, 2.45) is 0 Å². The van der Waals surface area contributed by atoms with Gasteiger partial charge in [-0.2, -0.15) is 0 Å². The highest BCUT2D eigenvalue weighted by atomic mass is 32.2. The second-order valence-electron chi connectivity index (χ2n) is 6.80. The number of benzene rings is 1. The molecule has 0 aliphatic heterocycles. The van der Waals surface area contributed by atoms with Gasteiger partial charge in [-0.05, 0) is 30.5 Å². The highest BCUT2D eigenvalue weighted by molar-refractivity contribution is 7.99. The van der Waals surface area contributed by atoms with Gasteiger partial charge in [-0.15, -0.1) is 10.2 Å². The number of hydrogen-bond acceptors (Lipinski definition) is 5. The van der Waals surface area contributed by atoms with Crippen molar-refractivity contribution >= 4 is 17.7 Å². The van der Waals surface area contributed by atoms with Crippen LogP contribution in [0.25, 0.3) is 0 Å². The molecule has 0 saturated heterocycles. The van der Waals surface area contributed by atoms with Crippen LogP contribution in [0.4, 0.5) is 0 Å². The van der Waals surface area contributed by atoms with Gasteiger partial charge in [0.05, 0.1) is 18.6 Å². The first-order chi connectivity index (χ1) is 13.2. The molecule has 1 fully saturated rings. The largest absolute Gasteiger partial charge is 0.467 e. The Kier molecular flexibility index (Phi) is 5.29. The Hall–Kier alpha value is -2.54. The van der Waals surface area contributed by atoms with Crippen molar-refractivity contribution in [2.75, 3.05) is 12.8 Å². The fourth-order valence-corrected chi connectivity index (χ4v) is 3.82. The van der Waals surface area contributed by atoms with E-state index in [0.717, 1.165) is 35.1 Å². The fraction of sp³-hybridized carbons (Fsp3) is 0.350. The van der Waals surface area contributed by atoms with Crippen LogP contribution in [0, 0.1) is 0 Å². The number of thioether (sulfide) groups is 1. The zero-order valence-electron chi connectivity index (χ0n) is 15.2. The predicted octanol–water partition coefficient (Wildman–Crippen LogP) is 3.55. The van der Waals surface area contributed by atoms with Crippen molar-refractivity contribution < 1.29 is 9.21 Å². The number of carbonyl (C=O) groups excluding carboxylic acids is 1. The highest BCUT2D eigenvalue weighted by Gasteiger charge is 2.31. The van der Waals surface area contributed by atoms with Crippen molar-refractivity contribution in [1.29, 1.82) is 0 Å². The summed E-state index contributed by atoms with van der Waals surface area (Å²) in [7, 11) is 1.83. The maximum Gasteiger partial charge on any atom is 0.233 e. The third kappa shape index (κ3) is 4.42. The van der Waals surface area contributed by atoms with E-state index in [4.69, 9.17) is 4.42 Å². The summed E-state index contributed by atoms with van der Waals surface area (Å²) >= 11 is 1.44. The topological polar surface area (TPSA) is 64.2 Å². The van der Waals surface area contributed by atoms with Crippen LogP contribution in [0.15, 0.2) is 58.3 Å². The molecule has 0 N–H and O–H groups in total. The highest BCUT2D eigenvalue weighted by Crippen LogP contribution is 2.40. The smallest absolute Gasteiger partial charge is 0.233 e. The number of rotatable bonds is 8. The van der Waals surface area contributed by atoms with E-state index in [1.54, 1.807) is 11.2 Å². The van der Waals surface area contributed by atoms with Gasteiger partial charge in [-0.1, -0.05) is 42.1 Å². The van der Waals surface area contributed by atoms with Crippen molar-refractivity contribution in [3.63, 3.8) is 0 Å². The molecule has 1 aliphatic carbocycles. The van der Waals surface area contributed by atoms with Crippen LogP contribution in [0.3, 0.4) is 0 Å².